The molecule has 1 saturated heterocycles. The summed E-state index contributed by atoms with van der Waals surface area (Å²) in [6, 6.07) is 0.00977. The predicted octanol–water partition coefficient (Wildman–Crippen LogP) is 1.65. The molecule has 3 rings (SSSR count). The fourth-order valence-electron chi connectivity index (χ4n) is 2.47. The van der Waals surface area contributed by atoms with Crippen molar-refractivity contribution < 1.29 is 4.79 Å². The van der Waals surface area contributed by atoms with E-state index in [1.165, 1.54) is 0 Å². The number of thioether (sulfide) groups is 1. The maximum Gasteiger partial charge on any atom is 0.317 e. The van der Waals surface area contributed by atoms with Crippen LogP contribution < -0.4 is 10.2 Å². The van der Waals surface area contributed by atoms with Crippen molar-refractivity contribution in [2.45, 2.75) is 17.7 Å². The Labute approximate surface area is 155 Å². The molecule has 3 heterocycles. The number of urea groups is 1. The summed E-state index contributed by atoms with van der Waals surface area (Å²) < 4.78 is 0.990. The number of hydrogen-bond acceptors (Lipinski definition) is 8. The molecular weight excluding hydrogens is 358 g/mol. The molecule has 2 aromatic rings. The van der Waals surface area contributed by atoms with Crippen molar-refractivity contribution in [2.75, 3.05) is 43.4 Å². The van der Waals surface area contributed by atoms with Gasteiger partial charge in [-0.15, -0.1) is 10.2 Å². The number of nitrogens with one attached hydrogen (secondary N) is 1. The van der Waals surface area contributed by atoms with E-state index in [-0.39, 0.29) is 6.03 Å². The zero-order valence-electron chi connectivity index (χ0n) is 14.1. The molecule has 2 aromatic heterocycles. The van der Waals surface area contributed by atoms with Gasteiger partial charge in [-0.05, 0) is 13.3 Å². The highest BCUT2D eigenvalue weighted by molar-refractivity contribution is 8.01. The fraction of sp³-hybridized carbons (Fsp3) is 0.533. The smallest absolute Gasteiger partial charge is 0.317 e. The van der Waals surface area contributed by atoms with Gasteiger partial charge < -0.3 is 15.1 Å². The number of piperazine rings is 1. The first-order valence-corrected chi connectivity index (χ1v) is 9.99. The molecule has 0 atom stereocenters. The third-order valence-corrected chi connectivity index (χ3v) is 5.83. The quantitative estimate of drug-likeness (QED) is 0.603. The van der Waals surface area contributed by atoms with Gasteiger partial charge in [0.05, 0.1) is 6.20 Å². The maximum atomic E-state index is 12.2. The molecule has 0 saturated carbocycles. The van der Waals surface area contributed by atoms with Crippen molar-refractivity contribution in [2.24, 2.45) is 0 Å². The molecule has 1 N–H and O–H groups in total. The van der Waals surface area contributed by atoms with E-state index in [0.717, 1.165) is 40.4 Å². The average Bonchev–Trinajstić information content (AvgIpc) is 3.07. The molecule has 0 aliphatic carbocycles. The van der Waals surface area contributed by atoms with Crippen LogP contribution in [0.4, 0.5) is 10.6 Å². The van der Waals surface area contributed by atoms with E-state index >= 15 is 0 Å². The number of hydrogen-bond donors (Lipinski definition) is 1. The second-order valence-corrected chi connectivity index (χ2v) is 8.08. The van der Waals surface area contributed by atoms with Crippen LogP contribution in [0.5, 0.6) is 0 Å². The van der Waals surface area contributed by atoms with E-state index in [1.807, 2.05) is 11.8 Å². The lowest BCUT2D eigenvalue weighted by Crippen LogP contribution is -2.52. The SMILES string of the molecule is Cc1nnc(SCCCNC(=O)N2CCN(c3cnccn3)CC2)s1. The molecule has 0 spiro atoms. The Morgan fingerprint density at radius 1 is 1.28 bits per heavy atom. The third-order valence-electron chi connectivity index (χ3n) is 3.77. The first kappa shape index (κ1) is 17.9. The molecule has 25 heavy (non-hydrogen) atoms. The van der Waals surface area contributed by atoms with Crippen LogP contribution in [0.3, 0.4) is 0 Å². The van der Waals surface area contributed by atoms with Gasteiger partial charge >= 0.3 is 6.03 Å². The molecule has 1 fully saturated rings. The lowest BCUT2D eigenvalue weighted by molar-refractivity contribution is 0.194. The Kier molecular flexibility index (Phi) is 6.40. The van der Waals surface area contributed by atoms with Crippen molar-refractivity contribution >= 4 is 34.9 Å². The summed E-state index contributed by atoms with van der Waals surface area (Å²) in [5, 5.41) is 12.0. The van der Waals surface area contributed by atoms with E-state index < -0.39 is 0 Å². The van der Waals surface area contributed by atoms with Gasteiger partial charge in [-0.1, -0.05) is 23.1 Å². The minimum absolute atomic E-state index is 0.00977. The Morgan fingerprint density at radius 3 is 2.80 bits per heavy atom. The number of rotatable bonds is 6. The molecule has 1 aliphatic heterocycles. The van der Waals surface area contributed by atoms with E-state index in [4.69, 9.17) is 0 Å². The number of aryl methyl sites for hydroxylation is 1. The molecular formula is C15H21N7OS2. The second kappa shape index (κ2) is 8.95. The van der Waals surface area contributed by atoms with E-state index in [0.29, 0.717) is 19.6 Å². The topological polar surface area (TPSA) is 87.1 Å². The van der Waals surface area contributed by atoms with Crippen molar-refractivity contribution in [3.8, 4) is 0 Å². The Bertz CT molecular complexity index is 674. The van der Waals surface area contributed by atoms with Crippen LogP contribution in [0, 0.1) is 6.92 Å². The van der Waals surface area contributed by atoms with E-state index in [1.54, 1.807) is 41.7 Å². The van der Waals surface area contributed by atoms with Crippen LogP contribution in [0.2, 0.25) is 0 Å². The normalized spacial score (nSPS) is 14.6. The largest absolute Gasteiger partial charge is 0.352 e. The van der Waals surface area contributed by atoms with Gasteiger partial charge in [-0.3, -0.25) is 4.98 Å². The van der Waals surface area contributed by atoms with Crippen LogP contribution >= 0.6 is 23.1 Å². The molecule has 2 amide bonds. The molecule has 0 aromatic carbocycles. The number of nitrogens with zero attached hydrogens (tertiary/aromatic N) is 6. The monoisotopic (exact) mass is 379 g/mol. The molecule has 134 valence electrons. The van der Waals surface area contributed by atoms with Crippen LogP contribution in [-0.2, 0) is 0 Å². The fourth-order valence-corrected chi connectivity index (χ4v) is 4.29. The minimum atomic E-state index is 0.00977. The summed E-state index contributed by atoms with van der Waals surface area (Å²) in [4.78, 5) is 24.6. The number of amides is 2. The van der Waals surface area contributed by atoms with E-state index in [2.05, 4.69) is 30.4 Å². The van der Waals surface area contributed by atoms with Gasteiger partial charge in [0.1, 0.15) is 10.8 Å². The van der Waals surface area contributed by atoms with Crippen molar-refractivity contribution in [1.29, 1.82) is 0 Å². The molecule has 0 unspecified atom stereocenters. The first-order valence-electron chi connectivity index (χ1n) is 8.19. The Balaban J connectivity index is 1.31. The maximum absolute atomic E-state index is 12.2. The molecule has 10 heteroatoms. The number of carbonyl (C=O) groups is 1. The zero-order valence-corrected chi connectivity index (χ0v) is 15.7. The number of anilines is 1. The van der Waals surface area contributed by atoms with Crippen LogP contribution in [0.1, 0.15) is 11.4 Å². The number of aromatic nitrogens is 4. The summed E-state index contributed by atoms with van der Waals surface area (Å²) in [5.74, 6) is 1.79. The summed E-state index contributed by atoms with van der Waals surface area (Å²) in [6.07, 6.45) is 6.02. The van der Waals surface area contributed by atoms with Gasteiger partial charge in [0, 0.05) is 50.9 Å². The third kappa shape index (κ3) is 5.27. The lowest BCUT2D eigenvalue weighted by atomic mass is 10.3. The van der Waals surface area contributed by atoms with Crippen LogP contribution in [-0.4, -0.2) is 69.6 Å². The lowest BCUT2D eigenvalue weighted by Gasteiger charge is -2.35. The van der Waals surface area contributed by atoms with Gasteiger partial charge in [0.15, 0.2) is 4.34 Å². The predicted molar refractivity (Wildman–Crippen MR) is 99.2 cm³/mol. The van der Waals surface area contributed by atoms with Crippen LogP contribution in [0.15, 0.2) is 22.9 Å². The highest BCUT2D eigenvalue weighted by atomic mass is 32.2. The van der Waals surface area contributed by atoms with Gasteiger partial charge in [0.25, 0.3) is 0 Å². The summed E-state index contributed by atoms with van der Waals surface area (Å²) >= 11 is 3.29. The first-order chi connectivity index (χ1) is 12.2. The standard InChI is InChI=1S/C15H21N7OS2/c1-12-19-20-15(25-12)24-10-2-3-18-14(23)22-8-6-21(7-9-22)13-11-16-4-5-17-13/h4-5,11H,2-3,6-10H2,1H3,(H,18,23). The summed E-state index contributed by atoms with van der Waals surface area (Å²) in [5.41, 5.74) is 0. The Morgan fingerprint density at radius 2 is 2.12 bits per heavy atom. The highest BCUT2D eigenvalue weighted by Gasteiger charge is 2.21. The van der Waals surface area contributed by atoms with Crippen molar-refractivity contribution in [3.63, 3.8) is 0 Å². The van der Waals surface area contributed by atoms with Gasteiger partial charge in [-0.25, -0.2) is 9.78 Å². The molecule has 0 bridgehead atoms. The Hall–Kier alpha value is -1.94. The minimum Gasteiger partial charge on any atom is -0.352 e. The summed E-state index contributed by atoms with van der Waals surface area (Å²) in [7, 11) is 0. The van der Waals surface area contributed by atoms with Gasteiger partial charge in [0.2, 0.25) is 0 Å². The second-order valence-electron chi connectivity index (χ2n) is 5.56. The molecule has 1 aliphatic rings. The summed E-state index contributed by atoms with van der Waals surface area (Å²) in [6.45, 7) is 5.57. The van der Waals surface area contributed by atoms with E-state index in [9.17, 15) is 4.79 Å². The van der Waals surface area contributed by atoms with Gasteiger partial charge in [-0.2, -0.15) is 0 Å². The molecule has 8 nitrogen and oxygen atoms in total. The zero-order chi connectivity index (χ0) is 17.5. The number of carbonyl (C=O) groups excluding carboxylic acids is 1. The highest BCUT2D eigenvalue weighted by Crippen LogP contribution is 2.22. The van der Waals surface area contributed by atoms with Crippen molar-refractivity contribution in [1.82, 2.24) is 30.4 Å². The average molecular weight is 380 g/mol. The molecule has 0 radical (unpaired) electrons. The van der Waals surface area contributed by atoms with Crippen molar-refractivity contribution in [3.05, 3.63) is 23.6 Å². The van der Waals surface area contributed by atoms with Crippen LogP contribution in [0.25, 0.3) is 0 Å².